The number of Topliss-reactive ketones (excluding diaryl/α,β-unsaturated/α-hetero) is 1. The quantitative estimate of drug-likeness (QED) is 0.401. The van der Waals surface area contributed by atoms with Crippen LogP contribution < -0.4 is 5.48 Å². The number of hydrogen-bond acceptors (Lipinski definition) is 4. The fourth-order valence-electron chi connectivity index (χ4n) is 2.14. The maximum absolute atomic E-state index is 11.7. The lowest BCUT2D eigenvalue weighted by Gasteiger charge is -2.14. The molecule has 0 aromatic rings. The van der Waals surface area contributed by atoms with Gasteiger partial charge in [0, 0.05) is 18.8 Å². The summed E-state index contributed by atoms with van der Waals surface area (Å²) < 4.78 is 5.20. The second-order valence-corrected chi connectivity index (χ2v) is 4.58. The van der Waals surface area contributed by atoms with E-state index in [4.69, 9.17) is 9.94 Å². The van der Waals surface area contributed by atoms with Crippen molar-refractivity contribution in [1.82, 2.24) is 5.48 Å². The number of amides is 1. The van der Waals surface area contributed by atoms with Gasteiger partial charge in [-0.25, -0.2) is 5.48 Å². The molecule has 2 N–H and O–H groups in total. The Kier molecular flexibility index (Phi) is 6.15. The number of carbonyl (C=O) groups excluding carboxylic acids is 2. The Labute approximate surface area is 101 Å². The first-order valence-electron chi connectivity index (χ1n) is 6.22. The summed E-state index contributed by atoms with van der Waals surface area (Å²) in [6.45, 7) is 2.81. The molecule has 1 aliphatic rings. The number of unbranched alkanes of at least 4 members (excludes halogenated alkanes) is 2. The number of hydrogen-bond donors (Lipinski definition) is 2. The Hall–Kier alpha value is -0.940. The van der Waals surface area contributed by atoms with E-state index in [9.17, 15) is 9.59 Å². The van der Waals surface area contributed by atoms with Crippen LogP contribution in [0.1, 0.15) is 39.0 Å². The van der Waals surface area contributed by atoms with Gasteiger partial charge in [-0.05, 0) is 6.42 Å². The van der Waals surface area contributed by atoms with Crippen LogP contribution in [0.2, 0.25) is 0 Å². The zero-order valence-electron chi connectivity index (χ0n) is 10.3. The van der Waals surface area contributed by atoms with E-state index in [1.807, 2.05) is 0 Å². The molecule has 5 nitrogen and oxygen atoms in total. The van der Waals surface area contributed by atoms with Crippen LogP contribution in [0.15, 0.2) is 0 Å². The van der Waals surface area contributed by atoms with Crippen molar-refractivity contribution in [2.45, 2.75) is 39.0 Å². The van der Waals surface area contributed by atoms with E-state index >= 15 is 0 Å². The second-order valence-electron chi connectivity index (χ2n) is 4.58. The van der Waals surface area contributed by atoms with Gasteiger partial charge in [-0.3, -0.25) is 14.8 Å². The van der Waals surface area contributed by atoms with E-state index in [0.29, 0.717) is 26.1 Å². The Morgan fingerprint density at radius 1 is 1.35 bits per heavy atom. The molecule has 2 unspecified atom stereocenters. The lowest BCUT2D eigenvalue weighted by Crippen LogP contribution is -2.33. The van der Waals surface area contributed by atoms with Gasteiger partial charge in [0.2, 0.25) is 5.91 Å². The number of nitrogens with one attached hydrogen (secondary N) is 1. The molecule has 1 heterocycles. The van der Waals surface area contributed by atoms with E-state index < -0.39 is 11.8 Å². The molecule has 0 aromatic heterocycles. The van der Waals surface area contributed by atoms with E-state index in [0.717, 1.165) is 19.3 Å². The van der Waals surface area contributed by atoms with Gasteiger partial charge in [0.15, 0.2) is 0 Å². The van der Waals surface area contributed by atoms with Crippen LogP contribution in [0.5, 0.6) is 0 Å². The molecule has 0 saturated carbocycles. The van der Waals surface area contributed by atoms with Gasteiger partial charge >= 0.3 is 0 Å². The van der Waals surface area contributed by atoms with Gasteiger partial charge in [-0.15, -0.1) is 0 Å². The van der Waals surface area contributed by atoms with Crippen LogP contribution in [0.25, 0.3) is 0 Å². The summed E-state index contributed by atoms with van der Waals surface area (Å²) in [5.41, 5.74) is 1.63. The van der Waals surface area contributed by atoms with Crippen LogP contribution in [-0.4, -0.2) is 30.1 Å². The molecule has 1 amide bonds. The molecular formula is C12H21NO4. The van der Waals surface area contributed by atoms with E-state index in [1.165, 1.54) is 0 Å². The first-order chi connectivity index (χ1) is 8.19. The third kappa shape index (κ3) is 4.44. The van der Waals surface area contributed by atoms with Crippen molar-refractivity contribution < 1.29 is 19.5 Å². The van der Waals surface area contributed by atoms with Crippen molar-refractivity contribution in [2.75, 3.05) is 13.2 Å². The van der Waals surface area contributed by atoms with Crippen molar-refractivity contribution in [2.24, 2.45) is 11.8 Å². The zero-order valence-corrected chi connectivity index (χ0v) is 10.3. The highest BCUT2D eigenvalue weighted by Gasteiger charge is 2.34. The number of carbonyl (C=O) groups is 2. The molecule has 0 aliphatic carbocycles. The SMILES string of the molecule is CCCCCC(=O)CC1COCC1C(=O)NO. The van der Waals surface area contributed by atoms with Gasteiger partial charge in [-0.1, -0.05) is 19.8 Å². The summed E-state index contributed by atoms with van der Waals surface area (Å²) in [4.78, 5) is 23.0. The zero-order chi connectivity index (χ0) is 12.7. The molecule has 1 aliphatic heterocycles. The molecule has 0 aromatic carbocycles. The molecule has 0 radical (unpaired) electrons. The lowest BCUT2D eigenvalue weighted by atomic mass is 9.89. The summed E-state index contributed by atoms with van der Waals surface area (Å²) >= 11 is 0. The molecule has 17 heavy (non-hydrogen) atoms. The smallest absolute Gasteiger partial charge is 0.249 e. The molecule has 0 bridgehead atoms. The van der Waals surface area contributed by atoms with Gasteiger partial charge in [0.05, 0.1) is 19.1 Å². The number of hydroxylamine groups is 1. The number of ketones is 1. The highest BCUT2D eigenvalue weighted by molar-refractivity contribution is 5.82. The van der Waals surface area contributed by atoms with Crippen molar-refractivity contribution >= 4 is 11.7 Å². The summed E-state index contributed by atoms with van der Waals surface area (Å²) in [7, 11) is 0. The van der Waals surface area contributed by atoms with Crippen LogP contribution >= 0.6 is 0 Å². The Morgan fingerprint density at radius 3 is 2.76 bits per heavy atom. The molecule has 2 atom stereocenters. The third-order valence-electron chi connectivity index (χ3n) is 3.19. The molecule has 0 spiro atoms. The van der Waals surface area contributed by atoms with E-state index in [1.54, 1.807) is 5.48 Å². The highest BCUT2D eigenvalue weighted by Crippen LogP contribution is 2.25. The number of rotatable bonds is 7. The van der Waals surface area contributed by atoms with Crippen molar-refractivity contribution in [1.29, 1.82) is 0 Å². The van der Waals surface area contributed by atoms with Gasteiger partial charge in [0.25, 0.3) is 0 Å². The predicted molar refractivity (Wildman–Crippen MR) is 61.5 cm³/mol. The first-order valence-corrected chi connectivity index (χ1v) is 6.22. The van der Waals surface area contributed by atoms with E-state index in [-0.39, 0.29) is 11.7 Å². The van der Waals surface area contributed by atoms with Crippen molar-refractivity contribution in [3.63, 3.8) is 0 Å². The summed E-state index contributed by atoms with van der Waals surface area (Å²) in [6, 6.07) is 0. The summed E-state index contributed by atoms with van der Waals surface area (Å²) in [5.74, 6) is -0.745. The van der Waals surface area contributed by atoms with Gasteiger partial charge in [-0.2, -0.15) is 0 Å². The maximum atomic E-state index is 11.7. The molecule has 1 saturated heterocycles. The Morgan fingerprint density at radius 2 is 2.12 bits per heavy atom. The lowest BCUT2D eigenvalue weighted by molar-refractivity contribution is -0.134. The maximum Gasteiger partial charge on any atom is 0.249 e. The van der Waals surface area contributed by atoms with Gasteiger partial charge < -0.3 is 4.74 Å². The average Bonchev–Trinajstić information content (AvgIpc) is 2.76. The van der Waals surface area contributed by atoms with E-state index in [2.05, 4.69) is 6.92 Å². The Balaban J connectivity index is 2.34. The summed E-state index contributed by atoms with van der Waals surface area (Å²) in [5, 5.41) is 8.58. The highest BCUT2D eigenvalue weighted by atomic mass is 16.5. The first kappa shape index (κ1) is 14.1. The Bertz CT molecular complexity index is 267. The fraction of sp³-hybridized carbons (Fsp3) is 0.833. The number of ether oxygens (including phenoxy) is 1. The van der Waals surface area contributed by atoms with Crippen LogP contribution in [-0.2, 0) is 14.3 Å². The molecule has 98 valence electrons. The van der Waals surface area contributed by atoms with Crippen LogP contribution in [0.3, 0.4) is 0 Å². The molecule has 5 heteroatoms. The summed E-state index contributed by atoms with van der Waals surface area (Å²) in [6.07, 6.45) is 4.03. The van der Waals surface area contributed by atoms with Crippen molar-refractivity contribution in [3.05, 3.63) is 0 Å². The fourth-order valence-corrected chi connectivity index (χ4v) is 2.14. The van der Waals surface area contributed by atoms with Crippen molar-refractivity contribution in [3.8, 4) is 0 Å². The van der Waals surface area contributed by atoms with Crippen LogP contribution in [0, 0.1) is 11.8 Å². The monoisotopic (exact) mass is 243 g/mol. The average molecular weight is 243 g/mol. The van der Waals surface area contributed by atoms with Crippen LogP contribution in [0.4, 0.5) is 0 Å². The predicted octanol–water partition coefficient (Wildman–Crippen LogP) is 1.29. The van der Waals surface area contributed by atoms with Gasteiger partial charge in [0.1, 0.15) is 5.78 Å². The standard InChI is InChI=1S/C12H21NO4/c1-2-3-4-5-10(14)6-9-7-17-8-11(9)12(15)13-16/h9,11,16H,2-8H2,1H3,(H,13,15). The minimum Gasteiger partial charge on any atom is -0.380 e. The molecular weight excluding hydrogens is 222 g/mol. The molecule has 1 rings (SSSR count). The third-order valence-corrected chi connectivity index (χ3v) is 3.19. The minimum absolute atomic E-state index is 0.0868. The molecule has 1 fully saturated rings. The second kappa shape index (κ2) is 7.40. The normalized spacial score (nSPS) is 23.6. The topological polar surface area (TPSA) is 75.6 Å². The largest absolute Gasteiger partial charge is 0.380 e. The minimum atomic E-state index is -0.450.